The van der Waals surface area contributed by atoms with Crippen LogP contribution in [-0.2, 0) is 16.0 Å². The van der Waals surface area contributed by atoms with Crippen molar-refractivity contribution in [3.63, 3.8) is 0 Å². The maximum absolute atomic E-state index is 11.9. The second-order valence-corrected chi connectivity index (χ2v) is 6.13. The molecule has 2 N–H and O–H groups in total. The van der Waals surface area contributed by atoms with Crippen molar-refractivity contribution in [1.29, 1.82) is 0 Å². The molecule has 0 saturated carbocycles. The lowest BCUT2D eigenvalue weighted by Gasteiger charge is -2.17. The van der Waals surface area contributed by atoms with Crippen molar-refractivity contribution in [2.24, 2.45) is 0 Å². The number of amides is 2. The Morgan fingerprint density at radius 2 is 1.96 bits per heavy atom. The molecular weight excluding hydrogens is 360 g/mol. The first-order valence-corrected chi connectivity index (χ1v) is 8.00. The van der Waals surface area contributed by atoms with E-state index >= 15 is 0 Å². The van der Waals surface area contributed by atoms with E-state index in [0.717, 1.165) is 21.4 Å². The minimum Gasteiger partial charge on any atom is -0.484 e. The number of rotatable bonds is 4. The number of hydrogen-bond donors (Lipinski definition) is 2. The smallest absolute Gasteiger partial charge is 0.262 e. The quantitative estimate of drug-likeness (QED) is 0.861. The van der Waals surface area contributed by atoms with Crippen molar-refractivity contribution >= 4 is 39.1 Å². The zero-order chi connectivity index (χ0) is 16.2. The van der Waals surface area contributed by atoms with Gasteiger partial charge in [0.25, 0.3) is 5.91 Å². The van der Waals surface area contributed by atoms with Gasteiger partial charge in [-0.3, -0.25) is 9.59 Å². The van der Waals surface area contributed by atoms with Gasteiger partial charge in [-0.05, 0) is 54.4 Å². The first kappa shape index (κ1) is 15.6. The van der Waals surface area contributed by atoms with Crippen LogP contribution < -0.4 is 15.4 Å². The van der Waals surface area contributed by atoms with Gasteiger partial charge >= 0.3 is 0 Å². The Morgan fingerprint density at radius 1 is 1.17 bits per heavy atom. The number of halogens is 1. The molecular formula is C17H15BrN2O3. The van der Waals surface area contributed by atoms with Crippen molar-refractivity contribution in [3.8, 4) is 5.75 Å². The van der Waals surface area contributed by atoms with Crippen LogP contribution >= 0.6 is 15.9 Å². The number of ether oxygens (including phenoxy) is 1. The van der Waals surface area contributed by atoms with Gasteiger partial charge in [-0.1, -0.05) is 15.9 Å². The van der Waals surface area contributed by atoms with Gasteiger partial charge in [0.2, 0.25) is 5.91 Å². The molecule has 0 saturated heterocycles. The van der Waals surface area contributed by atoms with Crippen LogP contribution in [0.15, 0.2) is 46.9 Å². The molecule has 0 atom stereocenters. The molecule has 1 aliphatic rings. The molecule has 0 fully saturated rings. The highest BCUT2D eigenvalue weighted by atomic mass is 79.9. The molecule has 0 aliphatic carbocycles. The van der Waals surface area contributed by atoms with Gasteiger partial charge in [-0.25, -0.2) is 0 Å². The van der Waals surface area contributed by atoms with E-state index in [1.54, 1.807) is 12.1 Å². The summed E-state index contributed by atoms with van der Waals surface area (Å²) < 4.78 is 6.47. The number of anilines is 2. The third-order valence-corrected chi connectivity index (χ3v) is 4.00. The summed E-state index contributed by atoms with van der Waals surface area (Å²) in [7, 11) is 0. The van der Waals surface area contributed by atoms with Crippen LogP contribution in [0, 0.1) is 0 Å². The Labute approximate surface area is 142 Å². The Morgan fingerprint density at radius 3 is 2.74 bits per heavy atom. The summed E-state index contributed by atoms with van der Waals surface area (Å²) in [6.45, 7) is -0.0682. The lowest BCUT2D eigenvalue weighted by atomic mass is 10.0. The highest BCUT2D eigenvalue weighted by molar-refractivity contribution is 9.10. The molecule has 1 heterocycles. The van der Waals surface area contributed by atoms with Crippen LogP contribution in [0.3, 0.4) is 0 Å². The standard InChI is InChI=1S/C17H15BrN2O3/c18-12-2-4-13(5-3-12)19-17(22)10-23-14-6-7-15-11(9-14)1-8-16(21)20-15/h2-7,9H,1,8,10H2,(H,19,22)(H,20,21). The molecule has 118 valence electrons. The highest BCUT2D eigenvalue weighted by Crippen LogP contribution is 2.26. The monoisotopic (exact) mass is 374 g/mol. The van der Waals surface area contributed by atoms with Gasteiger partial charge in [-0.15, -0.1) is 0 Å². The van der Waals surface area contributed by atoms with Crippen LogP contribution in [0.4, 0.5) is 11.4 Å². The predicted molar refractivity (Wildman–Crippen MR) is 91.7 cm³/mol. The highest BCUT2D eigenvalue weighted by Gasteiger charge is 2.15. The van der Waals surface area contributed by atoms with E-state index in [0.29, 0.717) is 18.6 Å². The van der Waals surface area contributed by atoms with Crippen molar-refractivity contribution in [3.05, 3.63) is 52.5 Å². The van der Waals surface area contributed by atoms with Crippen molar-refractivity contribution < 1.29 is 14.3 Å². The second kappa shape index (κ2) is 6.83. The summed E-state index contributed by atoms with van der Waals surface area (Å²) in [5.74, 6) is 0.421. The maximum atomic E-state index is 11.9. The fourth-order valence-corrected chi connectivity index (χ4v) is 2.59. The lowest BCUT2D eigenvalue weighted by molar-refractivity contribution is -0.118. The summed E-state index contributed by atoms with van der Waals surface area (Å²) in [6.07, 6.45) is 1.16. The van der Waals surface area contributed by atoms with Crippen molar-refractivity contribution in [2.75, 3.05) is 17.2 Å². The summed E-state index contributed by atoms with van der Waals surface area (Å²) in [6, 6.07) is 12.7. The molecule has 2 aromatic carbocycles. The molecule has 0 unspecified atom stereocenters. The Balaban J connectivity index is 1.56. The summed E-state index contributed by atoms with van der Waals surface area (Å²) in [5.41, 5.74) is 2.55. The SMILES string of the molecule is O=C(COc1ccc2c(c1)CCC(=O)N2)Nc1ccc(Br)cc1. The van der Waals surface area contributed by atoms with Crippen LogP contribution in [0.1, 0.15) is 12.0 Å². The zero-order valence-electron chi connectivity index (χ0n) is 12.3. The number of benzene rings is 2. The first-order chi connectivity index (χ1) is 11.1. The number of carbonyl (C=O) groups is 2. The fourth-order valence-electron chi connectivity index (χ4n) is 2.33. The lowest BCUT2D eigenvalue weighted by Crippen LogP contribution is -2.21. The van der Waals surface area contributed by atoms with E-state index < -0.39 is 0 Å². The van der Waals surface area contributed by atoms with E-state index in [-0.39, 0.29) is 18.4 Å². The van der Waals surface area contributed by atoms with Crippen LogP contribution in [0.5, 0.6) is 5.75 Å². The summed E-state index contributed by atoms with van der Waals surface area (Å²) in [5, 5.41) is 5.58. The van der Waals surface area contributed by atoms with Gasteiger partial charge in [0.05, 0.1) is 0 Å². The minimum absolute atomic E-state index is 0.0278. The normalized spacial score (nSPS) is 13.0. The molecule has 0 radical (unpaired) electrons. The van der Waals surface area contributed by atoms with Crippen molar-refractivity contribution in [1.82, 2.24) is 0 Å². The van der Waals surface area contributed by atoms with Crippen LogP contribution in [0.25, 0.3) is 0 Å². The van der Waals surface area contributed by atoms with Crippen LogP contribution in [0.2, 0.25) is 0 Å². The first-order valence-electron chi connectivity index (χ1n) is 7.21. The van der Waals surface area contributed by atoms with Gasteiger partial charge in [-0.2, -0.15) is 0 Å². The topological polar surface area (TPSA) is 67.4 Å². The molecule has 3 rings (SSSR count). The summed E-state index contributed by atoms with van der Waals surface area (Å²) >= 11 is 3.34. The molecule has 5 nitrogen and oxygen atoms in total. The van der Waals surface area contributed by atoms with Gasteiger partial charge in [0, 0.05) is 22.3 Å². The number of hydrogen-bond acceptors (Lipinski definition) is 3. The zero-order valence-corrected chi connectivity index (χ0v) is 13.9. The maximum Gasteiger partial charge on any atom is 0.262 e. The number of fused-ring (bicyclic) bond motifs is 1. The number of nitrogens with one attached hydrogen (secondary N) is 2. The van der Waals surface area contributed by atoms with Crippen molar-refractivity contribution in [2.45, 2.75) is 12.8 Å². The predicted octanol–water partition coefficient (Wildman–Crippen LogP) is 3.35. The molecule has 0 aromatic heterocycles. The summed E-state index contributed by atoms with van der Waals surface area (Å²) in [4.78, 5) is 23.2. The molecule has 1 aliphatic heterocycles. The van der Waals surface area contributed by atoms with E-state index in [9.17, 15) is 9.59 Å². The Bertz CT molecular complexity index is 744. The van der Waals surface area contributed by atoms with Gasteiger partial charge in [0.1, 0.15) is 5.75 Å². The molecule has 23 heavy (non-hydrogen) atoms. The van der Waals surface area contributed by atoms with E-state index in [2.05, 4.69) is 26.6 Å². The second-order valence-electron chi connectivity index (χ2n) is 5.21. The number of aryl methyl sites for hydroxylation is 1. The average molecular weight is 375 g/mol. The van der Waals surface area contributed by atoms with Gasteiger partial charge < -0.3 is 15.4 Å². The Hall–Kier alpha value is -2.34. The van der Waals surface area contributed by atoms with E-state index in [1.807, 2.05) is 30.3 Å². The number of carbonyl (C=O) groups excluding carboxylic acids is 2. The molecule has 0 spiro atoms. The van der Waals surface area contributed by atoms with Crippen LogP contribution in [-0.4, -0.2) is 18.4 Å². The Kier molecular flexibility index (Phi) is 4.62. The van der Waals surface area contributed by atoms with Gasteiger partial charge in [0.15, 0.2) is 6.61 Å². The molecule has 2 aromatic rings. The fraction of sp³-hybridized carbons (Fsp3) is 0.176. The largest absolute Gasteiger partial charge is 0.484 e. The third-order valence-electron chi connectivity index (χ3n) is 3.47. The molecule has 6 heteroatoms. The molecule has 0 bridgehead atoms. The molecule has 2 amide bonds. The van der Waals surface area contributed by atoms with E-state index in [4.69, 9.17) is 4.74 Å². The average Bonchev–Trinajstić information content (AvgIpc) is 2.55. The van der Waals surface area contributed by atoms with E-state index in [1.165, 1.54) is 0 Å². The minimum atomic E-state index is -0.224. The third kappa shape index (κ3) is 4.10.